The van der Waals surface area contributed by atoms with Crippen LogP contribution < -0.4 is 19.7 Å². The average molecular weight is 558 g/mol. The van der Waals surface area contributed by atoms with Gasteiger partial charge >= 0.3 is 0 Å². The minimum atomic E-state index is -0.616. The smallest absolute Gasteiger partial charge is 0.261 e. The normalized spacial score (nSPS) is 20.5. The van der Waals surface area contributed by atoms with Crippen LogP contribution in [0.25, 0.3) is 11.3 Å². The molecule has 0 spiro atoms. The minimum Gasteiger partial charge on any atom is -0.496 e. The molecule has 1 aromatic heterocycles. The first-order valence-electron chi connectivity index (χ1n) is 12.7. The summed E-state index contributed by atoms with van der Waals surface area (Å²) in [5.41, 5.74) is 0.172. The van der Waals surface area contributed by atoms with Gasteiger partial charge in [-0.05, 0) is 31.1 Å². The van der Waals surface area contributed by atoms with Gasteiger partial charge in [0, 0.05) is 33.2 Å². The fourth-order valence-corrected chi connectivity index (χ4v) is 5.80. The van der Waals surface area contributed by atoms with E-state index in [1.54, 1.807) is 27.8 Å². The van der Waals surface area contributed by atoms with Gasteiger partial charge in [-0.3, -0.25) is 14.4 Å². The number of nitrogens with zero attached hydrogens (tertiary/aromatic N) is 4. The highest BCUT2D eigenvalue weighted by atomic mass is 35.5. The molecule has 2 saturated heterocycles. The lowest BCUT2D eigenvalue weighted by Crippen LogP contribution is -2.57. The molecule has 0 unspecified atom stereocenters. The summed E-state index contributed by atoms with van der Waals surface area (Å²) in [5, 5.41) is 2.63. The second-order valence-electron chi connectivity index (χ2n) is 9.54. The first-order valence-corrected chi connectivity index (χ1v) is 13.1. The Balaban J connectivity index is 1.70. The molecule has 1 aromatic carbocycles. The van der Waals surface area contributed by atoms with Crippen molar-refractivity contribution in [3.05, 3.63) is 47.3 Å². The van der Waals surface area contributed by atoms with Crippen molar-refractivity contribution in [2.45, 2.75) is 24.9 Å². The molecular formula is C27H29ClFN5O5. The predicted octanol–water partition coefficient (Wildman–Crippen LogP) is 2.50. The van der Waals surface area contributed by atoms with Crippen molar-refractivity contribution >= 4 is 35.1 Å². The molecule has 0 radical (unpaired) electrons. The Morgan fingerprint density at radius 3 is 2.77 bits per heavy atom. The van der Waals surface area contributed by atoms with E-state index in [0.717, 1.165) is 0 Å². The second kappa shape index (κ2) is 10.7. The van der Waals surface area contributed by atoms with Gasteiger partial charge in [-0.2, -0.15) is 0 Å². The van der Waals surface area contributed by atoms with E-state index in [0.29, 0.717) is 25.9 Å². The number of aromatic nitrogens is 1. The Kier molecular flexibility index (Phi) is 7.35. The van der Waals surface area contributed by atoms with Crippen LogP contribution in [-0.4, -0.2) is 91.5 Å². The van der Waals surface area contributed by atoms with Crippen molar-refractivity contribution in [3.63, 3.8) is 0 Å². The van der Waals surface area contributed by atoms with Crippen LogP contribution in [0, 0.1) is 5.82 Å². The third-order valence-electron chi connectivity index (χ3n) is 7.45. The monoisotopic (exact) mass is 557 g/mol. The number of amides is 3. The SMILES string of the molecule is C=CC(=O)N1CCN2C(=O)c3c(N4CCC[C@H]4C(=O)NC)nc(-c4c(F)cccc4OC)c(Cl)c3OC[C@H]2C1. The number of hydrogen-bond donors (Lipinski definition) is 1. The zero-order chi connectivity index (χ0) is 27.8. The summed E-state index contributed by atoms with van der Waals surface area (Å²) < 4.78 is 26.8. The van der Waals surface area contributed by atoms with E-state index in [4.69, 9.17) is 26.1 Å². The largest absolute Gasteiger partial charge is 0.496 e. The quantitative estimate of drug-likeness (QED) is 0.563. The number of hydrogen-bond acceptors (Lipinski definition) is 7. The number of ether oxygens (including phenoxy) is 2. The number of piperazine rings is 1. The first kappa shape index (κ1) is 26.7. The molecule has 5 rings (SSSR count). The van der Waals surface area contributed by atoms with Crippen LogP contribution in [0.2, 0.25) is 5.02 Å². The summed E-state index contributed by atoms with van der Waals surface area (Å²) in [6, 6.07) is 3.32. The van der Waals surface area contributed by atoms with Crippen molar-refractivity contribution in [2.24, 2.45) is 0 Å². The third-order valence-corrected chi connectivity index (χ3v) is 7.80. The van der Waals surface area contributed by atoms with Gasteiger partial charge in [-0.15, -0.1) is 0 Å². The van der Waals surface area contributed by atoms with Crippen molar-refractivity contribution in [1.82, 2.24) is 20.1 Å². The molecule has 3 aliphatic rings. The number of rotatable bonds is 5. The van der Waals surface area contributed by atoms with E-state index in [1.165, 1.54) is 25.3 Å². The molecule has 2 atom stereocenters. The molecule has 0 aliphatic carbocycles. The van der Waals surface area contributed by atoms with Gasteiger partial charge in [-0.25, -0.2) is 9.37 Å². The highest BCUT2D eigenvalue weighted by Gasteiger charge is 2.43. The lowest BCUT2D eigenvalue weighted by molar-refractivity contribution is -0.128. The number of fused-ring (bicyclic) bond motifs is 2. The van der Waals surface area contributed by atoms with E-state index in [1.807, 2.05) is 0 Å². The zero-order valence-corrected chi connectivity index (χ0v) is 22.5. The fourth-order valence-electron chi connectivity index (χ4n) is 5.51. The van der Waals surface area contributed by atoms with Crippen LogP contribution in [0.15, 0.2) is 30.9 Å². The summed E-state index contributed by atoms with van der Waals surface area (Å²) in [4.78, 5) is 49.0. The average Bonchev–Trinajstić information content (AvgIpc) is 3.39. The van der Waals surface area contributed by atoms with Crippen molar-refractivity contribution in [3.8, 4) is 22.8 Å². The van der Waals surface area contributed by atoms with Crippen molar-refractivity contribution in [1.29, 1.82) is 0 Å². The molecule has 10 nitrogen and oxygen atoms in total. The van der Waals surface area contributed by atoms with Gasteiger partial charge in [0.05, 0.1) is 18.7 Å². The molecule has 2 aromatic rings. The molecule has 2 fully saturated rings. The zero-order valence-electron chi connectivity index (χ0n) is 21.7. The number of methoxy groups -OCH3 is 1. The van der Waals surface area contributed by atoms with Crippen molar-refractivity contribution < 1.29 is 28.2 Å². The molecule has 1 N–H and O–H groups in total. The van der Waals surface area contributed by atoms with E-state index >= 15 is 4.39 Å². The topological polar surface area (TPSA) is 104 Å². The molecule has 3 amide bonds. The number of halogens is 2. The first-order chi connectivity index (χ1) is 18.8. The van der Waals surface area contributed by atoms with E-state index < -0.39 is 17.9 Å². The Morgan fingerprint density at radius 1 is 1.26 bits per heavy atom. The number of anilines is 1. The molecule has 206 valence electrons. The predicted molar refractivity (Wildman–Crippen MR) is 143 cm³/mol. The number of carbonyl (C=O) groups is 3. The molecule has 0 saturated carbocycles. The lowest BCUT2D eigenvalue weighted by Gasteiger charge is -2.39. The summed E-state index contributed by atoms with van der Waals surface area (Å²) in [6.07, 6.45) is 2.48. The number of pyridine rings is 1. The molecule has 4 heterocycles. The van der Waals surface area contributed by atoms with Crippen LogP contribution in [0.4, 0.5) is 10.2 Å². The van der Waals surface area contributed by atoms with E-state index in [9.17, 15) is 14.4 Å². The highest BCUT2D eigenvalue weighted by molar-refractivity contribution is 6.35. The fraction of sp³-hybridized carbons (Fsp3) is 0.407. The lowest BCUT2D eigenvalue weighted by atomic mass is 10.0. The number of likely N-dealkylation sites (N-methyl/N-ethyl adjacent to an activating group) is 1. The Bertz CT molecular complexity index is 1350. The van der Waals surface area contributed by atoms with E-state index in [2.05, 4.69) is 11.9 Å². The van der Waals surface area contributed by atoms with Gasteiger partial charge in [0.2, 0.25) is 11.8 Å². The van der Waals surface area contributed by atoms with Crippen LogP contribution in [0.1, 0.15) is 23.2 Å². The third kappa shape index (κ3) is 4.54. The summed E-state index contributed by atoms with van der Waals surface area (Å²) in [6.45, 7) is 4.90. The molecule has 3 aliphatic heterocycles. The minimum absolute atomic E-state index is 0.0190. The van der Waals surface area contributed by atoms with Crippen LogP contribution in [0.3, 0.4) is 0 Å². The number of carbonyl (C=O) groups excluding carboxylic acids is 3. The Labute approximate surface area is 230 Å². The Morgan fingerprint density at radius 2 is 2.05 bits per heavy atom. The maximum Gasteiger partial charge on any atom is 0.261 e. The summed E-state index contributed by atoms with van der Waals surface area (Å²) >= 11 is 6.85. The van der Waals surface area contributed by atoms with Crippen LogP contribution >= 0.6 is 11.6 Å². The van der Waals surface area contributed by atoms with Gasteiger partial charge in [0.15, 0.2) is 5.75 Å². The molecule has 0 bridgehead atoms. The Hall–Kier alpha value is -3.86. The van der Waals surface area contributed by atoms with Gasteiger partial charge < -0.3 is 29.5 Å². The molecular weight excluding hydrogens is 529 g/mol. The maximum absolute atomic E-state index is 15.2. The van der Waals surface area contributed by atoms with Crippen LogP contribution in [-0.2, 0) is 9.59 Å². The van der Waals surface area contributed by atoms with Crippen molar-refractivity contribution in [2.75, 3.05) is 51.8 Å². The van der Waals surface area contributed by atoms with E-state index in [-0.39, 0.29) is 76.6 Å². The highest BCUT2D eigenvalue weighted by Crippen LogP contribution is 2.47. The van der Waals surface area contributed by atoms with Crippen LogP contribution in [0.5, 0.6) is 11.5 Å². The summed E-state index contributed by atoms with van der Waals surface area (Å²) in [7, 11) is 2.96. The standard InChI is InChI=1S/C27H29ClFN5O5/c1-4-19(35)32-11-12-33-15(13-32)14-39-24-21(27(33)37)25(34-10-6-8-17(34)26(36)30-2)31-23(22(24)28)20-16(29)7-5-9-18(20)38-3/h4-5,7,9,15,17H,1,6,8,10-14H2,2-3H3,(H,30,36)/t15-,17+/m1/s1. The van der Waals surface area contributed by atoms with Gasteiger partial charge in [0.1, 0.15) is 46.3 Å². The number of benzene rings is 1. The summed E-state index contributed by atoms with van der Waals surface area (Å²) in [5.74, 6) is -0.993. The molecule has 12 heteroatoms. The second-order valence-corrected chi connectivity index (χ2v) is 9.91. The van der Waals surface area contributed by atoms with Gasteiger partial charge in [0.25, 0.3) is 5.91 Å². The molecule has 39 heavy (non-hydrogen) atoms. The number of nitrogens with one attached hydrogen (secondary N) is 1. The van der Waals surface area contributed by atoms with Gasteiger partial charge in [-0.1, -0.05) is 24.2 Å². The maximum atomic E-state index is 15.2.